The van der Waals surface area contributed by atoms with Crippen molar-refractivity contribution in [2.45, 2.75) is 33.1 Å². The minimum atomic E-state index is -0.934. The Labute approximate surface area is 159 Å². The first-order chi connectivity index (χ1) is 13.0. The highest BCUT2D eigenvalue weighted by molar-refractivity contribution is 5.89. The third kappa shape index (κ3) is 4.34. The van der Waals surface area contributed by atoms with Crippen molar-refractivity contribution in [3.05, 3.63) is 77.0 Å². The number of nitrogens with zero attached hydrogens (tertiary/aromatic N) is 1. The number of carboxylic acid groups (broad SMARTS) is 1. The molecule has 0 fully saturated rings. The summed E-state index contributed by atoms with van der Waals surface area (Å²) in [6.07, 6.45) is 2.81. The van der Waals surface area contributed by atoms with Gasteiger partial charge < -0.3 is 9.52 Å². The molecule has 0 aliphatic carbocycles. The van der Waals surface area contributed by atoms with Crippen LogP contribution < -0.4 is 0 Å². The molecule has 0 unspecified atom stereocenters. The third-order valence-corrected chi connectivity index (χ3v) is 4.78. The van der Waals surface area contributed by atoms with E-state index in [4.69, 9.17) is 9.52 Å². The smallest absolute Gasteiger partial charge is 0.335 e. The molecule has 1 atom stereocenters. The van der Waals surface area contributed by atoms with Gasteiger partial charge in [0.1, 0.15) is 11.5 Å². The van der Waals surface area contributed by atoms with E-state index in [9.17, 15) is 4.79 Å². The van der Waals surface area contributed by atoms with Crippen LogP contribution in [-0.2, 0) is 0 Å². The lowest BCUT2D eigenvalue weighted by Gasteiger charge is -2.08. The number of aryl methyl sites for hydroxylation is 1. The number of carbonyl (C=O) groups is 1. The van der Waals surface area contributed by atoms with Crippen molar-refractivity contribution in [2.24, 2.45) is 4.99 Å². The third-order valence-electron chi connectivity index (χ3n) is 4.78. The minimum Gasteiger partial charge on any atom is -0.478 e. The number of rotatable bonds is 6. The van der Waals surface area contributed by atoms with Gasteiger partial charge in [-0.25, -0.2) is 4.79 Å². The molecular weight excluding hydrogens is 338 g/mol. The van der Waals surface area contributed by atoms with Gasteiger partial charge in [0.15, 0.2) is 0 Å². The molecule has 2 aromatic carbocycles. The molecule has 0 aliphatic rings. The van der Waals surface area contributed by atoms with Crippen molar-refractivity contribution >= 4 is 17.9 Å². The van der Waals surface area contributed by atoms with Crippen LogP contribution in [0.1, 0.15) is 53.4 Å². The summed E-state index contributed by atoms with van der Waals surface area (Å²) in [5.41, 5.74) is 4.19. The van der Waals surface area contributed by atoms with Crippen LogP contribution in [0.3, 0.4) is 0 Å². The lowest BCUT2D eigenvalue weighted by Crippen LogP contribution is -1.96. The number of furan rings is 1. The lowest BCUT2D eigenvalue weighted by molar-refractivity contribution is 0.0697. The van der Waals surface area contributed by atoms with Crippen molar-refractivity contribution in [1.29, 1.82) is 0 Å². The molecular formula is C23H23NO3. The fourth-order valence-corrected chi connectivity index (χ4v) is 2.90. The second-order valence-electron chi connectivity index (χ2n) is 6.70. The van der Waals surface area contributed by atoms with Gasteiger partial charge in [-0.3, -0.25) is 4.99 Å². The van der Waals surface area contributed by atoms with Crippen LogP contribution in [0, 0.1) is 6.92 Å². The molecule has 0 spiro atoms. The molecule has 0 saturated carbocycles. The van der Waals surface area contributed by atoms with Crippen LogP contribution in [-0.4, -0.2) is 17.3 Å². The molecule has 3 rings (SSSR count). The van der Waals surface area contributed by atoms with E-state index in [2.05, 4.69) is 31.0 Å². The van der Waals surface area contributed by atoms with E-state index in [1.807, 2.05) is 31.2 Å². The summed E-state index contributed by atoms with van der Waals surface area (Å²) in [7, 11) is 0. The summed E-state index contributed by atoms with van der Waals surface area (Å²) >= 11 is 0. The van der Waals surface area contributed by atoms with Crippen LogP contribution in [0.25, 0.3) is 11.3 Å². The quantitative estimate of drug-likeness (QED) is 0.530. The van der Waals surface area contributed by atoms with Crippen molar-refractivity contribution in [3.63, 3.8) is 0 Å². The Morgan fingerprint density at radius 1 is 1.15 bits per heavy atom. The largest absolute Gasteiger partial charge is 0.478 e. The molecule has 1 aromatic heterocycles. The van der Waals surface area contributed by atoms with E-state index in [1.165, 1.54) is 5.56 Å². The molecule has 3 aromatic rings. The van der Waals surface area contributed by atoms with Gasteiger partial charge in [0.2, 0.25) is 0 Å². The van der Waals surface area contributed by atoms with Gasteiger partial charge in [-0.1, -0.05) is 32.0 Å². The Hall–Kier alpha value is -3.14. The average molecular weight is 361 g/mol. The first-order valence-electron chi connectivity index (χ1n) is 9.06. The van der Waals surface area contributed by atoms with Gasteiger partial charge in [0.25, 0.3) is 0 Å². The van der Waals surface area contributed by atoms with Crippen molar-refractivity contribution in [1.82, 2.24) is 0 Å². The molecule has 1 heterocycles. The molecule has 0 saturated heterocycles. The number of benzene rings is 2. The molecule has 0 aliphatic heterocycles. The number of hydrogen-bond acceptors (Lipinski definition) is 3. The van der Waals surface area contributed by atoms with Crippen LogP contribution in [0.15, 0.2) is 64.0 Å². The zero-order valence-corrected chi connectivity index (χ0v) is 15.8. The summed E-state index contributed by atoms with van der Waals surface area (Å²) in [4.78, 5) is 15.5. The maximum Gasteiger partial charge on any atom is 0.335 e. The topological polar surface area (TPSA) is 62.8 Å². The van der Waals surface area contributed by atoms with Gasteiger partial charge in [0, 0.05) is 5.56 Å². The van der Waals surface area contributed by atoms with E-state index in [0.717, 1.165) is 23.2 Å². The maximum atomic E-state index is 11.1. The van der Waals surface area contributed by atoms with E-state index in [1.54, 1.807) is 24.4 Å². The lowest BCUT2D eigenvalue weighted by atomic mass is 9.99. The van der Waals surface area contributed by atoms with Gasteiger partial charge in [-0.15, -0.1) is 0 Å². The van der Waals surface area contributed by atoms with Gasteiger partial charge in [0.05, 0.1) is 17.5 Å². The standard InChI is InChI=1S/C23H23NO3/c1-4-15(2)17-5-8-19(9-6-17)24-14-20-10-12-22(27-20)21-11-7-18(23(25)26)13-16(21)3/h5-15H,4H2,1-3H3,(H,25,26)/t15-/m1/s1. The highest BCUT2D eigenvalue weighted by atomic mass is 16.4. The van der Waals surface area contributed by atoms with Crippen molar-refractivity contribution < 1.29 is 14.3 Å². The molecule has 138 valence electrons. The first-order valence-corrected chi connectivity index (χ1v) is 9.06. The van der Waals surface area contributed by atoms with E-state index < -0.39 is 5.97 Å². The molecule has 1 N–H and O–H groups in total. The Morgan fingerprint density at radius 3 is 2.52 bits per heavy atom. The van der Waals surface area contributed by atoms with Gasteiger partial charge in [-0.2, -0.15) is 0 Å². The molecule has 4 heteroatoms. The van der Waals surface area contributed by atoms with Crippen LogP contribution in [0.4, 0.5) is 5.69 Å². The second-order valence-corrected chi connectivity index (χ2v) is 6.70. The monoisotopic (exact) mass is 361 g/mol. The normalized spacial score (nSPS) is 12.4. The summed E-state index contributed by atoms with van der Waals surface area (Å²) in [5.74, 6) is 0.957. The highest BCUT2D eigenvalue weighted by Crippen LogP contribution is 2.26. The van der Waals surface area contributed by atoms with Crippen molar-refractivity contribution in [2.75, 3.05) is 0 Å². The fourth-order valence-electron chi connectivity index (χ4n) is 2.90. The predicted molar refractivity (Wildman–Crippen MR) is 108 cm³/mol. The highest BCUT2D eigenvalue weighted by Gasteiger charge is 2.10. The summed E-state index contributed by atoms with van der Waals surface area (Å²) in [6, 6.07) is 17.0. The molecule has 0 radical (unpaired) electrons. The molecule has 0 amide bonds. The fraction of sp³-hybridized carbons (Fsp3) is 0.217. The number of hydrogen-bond donors (Lipinski definition) is 1. The maximum absolute atomic E-state index is 11.1. The summed E-state index contributed by atoms with van der Waals surface area (Å²) in [6.45, 7) is 6.27. The molecule has 4 nitrogen and oxygen atoms in total. The van der Waals surface area contributed by atoms with Gasteiger partial charge >= 0.3 is 5.97 Å². The minimum absolute atomic E-state index is 0.269. The van der Waals surface area contributed by atoms with Crippen molar-refractivity contribution in [3.8, 4) is 11.3 Å². The Bertz CT molecular complexity index is 968. The van der Waals surface area contributed by atoms with Crippen LogP contribution in [0.5, 0.6) is 0 Å². The Morgan fingerprint density at radius 2 is 1.89 bits per heavy atom. The Balaban J connectivity index is 1.76. The molecule has 0 bridgehead atoms. The van der Waals surface area contributed by atoms with Crippen LogP contribution >= 0.6 is 0 Å². The van der Waals surface area contributed by atoms with E-state index >= 15 is 0 Å². The average Bonchev–Trinajstić information content (AvgIpc) is 3.14. The van der Waals surface area contributed by atoms with Gasteiger partial charge in [-0.05, 0) is 66.8 Å². The molecule has 27 heavy (non-hydrogen) atoms. The summed E-state index contributed by atoms with van der Waals surface area (Å²) < 4.78 is 5.86. The van der Waals surface area contributed by atoms with Crippen LogP contribution in [0.2, 0.25) is 0 Å². The first kappa shape index (κ1) is 18.6. The van der Waals surface area contributed by atoms with E-state index in [0.29, 0.717) is 17.4 Å². The predicted octanol–water partition coefficient (Wildman–Crippen LogP) is 6.22. The van der Waals surface area contributed by atoms with E-state index in [-0.39, 0.29) is 5.56 Å². The Kier molecular flexibility index (Phi) is 5.55. The number of aromatic carboxylic acids is 1. The summed E-state index contributed by atoms with van der Waals surface area (Å²) in [5, 5.41) is 9.07. The number of carboxylic acids is 1. The second kappa shape index (κ2) is 8.04. The zero-order chi connectivity index (χ0) is 19.4. The zero-order valence-electron chi connectivity index (χ0n) is 15.8. The SMILES string of the molecule is CC[C@@H](C)c1ccc(N=Cc2ccc(-c3ccc(C(=O)O)cc3C)o2)cc1. The number of aliphatic imine (C=N–C) groups is 1.